The number of benzene rings is 1. The summed E-state index contributed by atoms with van der Waals surface area (Å²) >= 11 is 0. The Kier molecular flexibility index (Phi) is 5.65. The molecule has 0 spiro atoms. The molecule has 0 amide bonds. The van der Waals surface area contributed by atoms with Crippen LogP contribution in [0.25, 0.3) is 6.08 Å². The number of esters is 1. The number of sulfonamides is 1. The SMILES string of the molecule is CS(=O)(=O)NCCOC(=O)C=Cc1ccc(F)cc1. The van der Waals surface area contributed by atoms with E-state index in [1.165, 1.54) is 36.4 Å². The highest BCUT2D eigenvalue weighted by atomic mass is 32.2. The zero-order valence-electron chi connectivity index (χ0n) is 10.3. The van der Waals surface area contributed by atoms with Gasteiger partial charge < -0.3 is 4.74 Å². The molecule has 1 rings (SSSR count). The summed E-state index contributed by atoms with van der Waals surface area (Å²) in [6.45, 7) is -0.0331. The van der Waals surface area contributed by atoms with Crippen molar-refractivity contribution in [1.29, 1.82) is 0 Å². The van der Waals surface area contributed by atoms with Crippen LogP contribution in [0, 0.1) is 5.82 Å². The molecule has 0 heterocycles. The van der Waals surface area contributed by atoms with Crippen molar-refractivity contribution >= 4 is 22.1 Å². The Morgan fingerprint density at radius 1 is 1.37 bits per heavy atom. The van der Waals surface area contributed by atoms with E-state index in [-0.39, 0.29) is 19.0 Å². The Morgan fingerprint density at radius 2 is 2.00 bits per heavy atom. The third kappa shape index (κ3) is 7.32. The number of carbonyl (C=O) groups is 1. The van der Waals surface area contributed by atoms with Gasteiger partial charge in [-0.1, -0.05) is 12.1 Å². The van der Waals surface area contributed by atoms with Gasteiger partial charge in [0.1, 0.15) is 12.4 Å². The monoisotopic (exact) mass is 287 g/mol. The van der Waals surface area contributed by atoms with Crippen LogP contribution in [0.15, 0.2) is 30.3 Å². The van der Waals surface area contributed by atoms with Crippen LogP contribution < -0.4 is 4.72 Å². The summed E-state index contributed by atoms with van der Waals surface area (Å²) in [4.78, 5) is 11.2. The maximum Gasteiger partial charge on any atom is 0.330 e. The highest BCUT2D eigenvalue weighted by Crippen LogP contribution is 2.04. The van der Waals surface area contributed by atoms with Crippen molar-refractivity contribution in [2.24, 2.45) is 0 Å². The fraction of sp³-hybridized carbons (Fsp3) is 0.250. The van der Waals surface area contributed by atoms with Gasteiger partial charge in [-0.2, -0.15) is 0 Å². The van der Waals surface area contributed by atoms with Gasteiger partial charge in [-0.25, -0.2) is 22.3 Å². The van der Waals surface area contributed by atoms with E-state index in [1.807, 2.05) is 0 Å². The Morgan fingerprint density at radius 3 is 2.58 bits per heavy atom. The summed E-state index contributed by atoms with van der Waals surface area (Å²) < 4.78 is 41.0. The van der Waals surface area contributed by atoms with E-state index in [0.717, 1.165) is 6.26 Å². The lowest BCUT2D eigenvalue weighted by atomic mass is 10.2. The van der Waals surface area contributed by atoms with E-state index in [1.54, 1.807) is 0 Å². The first-order valence-corrected chi connectivity index (χ1v) is 7.31. The van der Waals surface area contributed by atoms with Gasteiger partial charge in [-0.15, -0.1) is 0 Å². The van der Waals surface area contributed by atoms with Gasteiger partial charge in [0.05, 0.1) is 6.26 Å². The third-order valence-corrected chi connectivity index (χ3v) is 2.72. The largest absolute Gasteiger partial charge is 0.461 e. The number of hydrogen-bond donors (Lipinski definition) is 1. The maximum atomic E-state index is 12.6. The van der Waals surface area contributed by atoms with Gasteiger partial charge in [-0.3, -0.25) is 0 Å². The Labute approximate surface area is 111 Å². The normalized spacial score (nSPS) is 11.7. The molecule has 0 fully saturated rings. The second-order valence-electron chi connectivity index (χ2n) is 3.72. The van der Waals surface area contributed by atoms with Gasteiger partial charge in [0.25, 0.3) is 0 Å². The molecule has 0 atom stereocenters. The van der Waals surface area contributed by atoms with Crippen molar-refractivity contribution in [2.45, 2.75) is 0 Å². The van der Waals surface area contributed by atoms with Gasteiger partial charge in [-0.05, 0) is 23.8 Å². The second-order valence-corrected chi connectivity index (χ2v) is 5.55. The topological polar surface area (TPSA) is 72.5 Å². The summed E-state index contributed by atoms with van der Waals surface area (Å²) in [7, 11) is -3.28. The number of ether oxygens (including phenoxy) is 1. The van der Waals surface area contributed by atoms with Crippen molar-refractivity contribution in [2.75, 3.05) is 19.4 Å². The van der Waals surface area contributed by atoms with Crippen LogP contribution in [0.5, 0.6) is 0 Å². The second kappa shape index (κ2) is 7.01. The van der Waals surface area contributed by atoms with Gasteiger partial charge in [0.2, 0.25) is 10.0 Å². The molecule has 0 unspecified atom stereocenters. The van der Waals surface area contributed by atoms with E-state index in [4.69, 9.17) is 4.74 Å². The number of hydrogen-bond acceptors (Lipinski definition) is 4. The first-order valence-electron chi connectivity index (χ1n) is 5.42. The zero-order valence-corrected chi connectivity index (χ0v) is 11.1. The predicted molar refractivity (Wildman–Crippen MR) is 69.2 cm³/mol. The Hall–Kier alpha value is -1.73. The molecule has 1 N–H and O–H groups in total. The number of nitrogens with one attached hydrogen (secondary N) is 1. The molecule has 0 bridgehead atoms. The molecular weight excluding hydrogens is 273 g/mol. The van der Waals surface area contributed by atoms with Crippen LogP contribution in [-0.4, -0.2) is 33.8 Å². The molecule has 7 heteroatoms. The molecule has 0 radical (unpaired) electrons. The minimum absolute atomic E-state index is 0.0228. The minimum atomic E-state index is -3.28. The summed E-state index contributed by atoms with van der Waals surface area (Å²) in [5, 5.41) is 0. The van der Waals surface area contributed by atoms with E-state index in [9.17, 15) is 17.6 Å². The quantitative estimate of drug-likeness (QED) is 0.480. The van der Waals surface area contributed by atoms with E-state index in [2.05, 4.69) is 4.72 Å². The van der Waals surface area contributed by atoms with E-state index in [0.29, 0.717) is 5.56 Å². The first kappa shape index (κ1) is 15.3. The van der Waals surface area contributed by atoms with Crippen molar-refractivity contribution < 1.29 is 22.3 Å². The van der Waals surface area contributed by atoms with Crippen LogP contribution in [0.4, 0.5) is 4.39 Å². The lowest BCUT2D eigenvalue weighted by molar-refractivity contribution is -0.137. The van der Waals surface area contributed by atoms with Crippen LogP contribution in [0.2, 0.25) is 0 Å². The van der Waals surface area contributed by atoms with Crippen molar-refractivity contribution in [3.8, 4) is 0 Å². The summed E-state index contributed by atoms with van der Waals surface area (Å²) in [6.07, 6.45) is 3.68. The fourth-order valence-electron chi connectivity index (χ4n) is 1.16. The van der Waals surface area contributed by atoms with Crippen LogP contribution in [0.1, 0.15) is 5.56 Å². The molecular formula is C12H14FNO4S. The van der Waals surface area contributed by atoms with Gasteiger partial charge in [0.15, 0.2) is 0 Å². The summed E-state index contributed by atoms with van der Waals surface area (Å²) in [5.41, 5.74) is 0.660. The lowest BCUT2D eigenvalue weighted by Crippen LogP contribution is -2.26. The number of rotatable bonds is 6. The molecule has 0 aliphatic rings. The maximum absolute atomic E-state index is 12.6. The van der Waals surface area contributed by atoms with Crippen molar-refractivity contribution in [3.63, 3.8) is 0 Å². The highest BCUT2D eigenvalue weighted by Gasteiger charge is 2.01. The van der Waals surface area contributed by atoms with Crippen LogP contribution in [-0.2, 0) is 19.6 Å². The molecule has 0 aliphatic heterocycles. The summed E-state index contributed by atoms with van der Waals surface area (Å²) in [6, 6.07) is 5.59. The number of halogens is 1. The molecule has 0 saturated heterocycles. The average molecular weight is 287 g/mol. The van der Waals surface area contributed by atoms with Crippen molar-refractivity contribution in [1.82, 2.24) is 4.72 Å². The highest BCUT2D eigenvalue weighted by molar-refractivity contribution is 7.88. The molecule has 0 aliphatic carbocycles. The Bertz CT molecular complexity index is 552. The van der Waals surface area contributed by atoms with E-state index < -0.39 is 16.0 Å². The smallest absolute Gasteiger partial charge is 0.330 e. The van der Waals surface area contributed by atoms with Crippen LogP contribution >= 0.6 is 0 Å². The summed E-state index contributed by atoms with van der Waals surface area (Å²) in [5.74, 6) is -0.953. The molecule has 0 aromatic heterocycles. The van der Waals surface area contributed by atoms with Gasteiger partial charge >= 0.3 is 5.97 Å². The van der Waals surface area contributed by atoms with E-state index >= 15 is 0 Å². The standard InChI is InChI=1S/C12H14FNO4S/c1-19(16,17)14-8-9-18-12(15)7-4-10-2-5-11(13)6-3-10/h2-7,14H,8-9H2,1H3. The average Bonchev–Trinajstić information content (AvgIpc) is 2.33. The third-order valence-electron chi connectivity index (χ3n) is 1.99. The predicted octanol–water partition coefficient (Wildman–Crippen LogP) is 0.931. The molecule has 1 aromatic carbocycles. The fourth-order valence-corrected chi connectivity index (χ4v) is 1.62. The molecule has 104 valence electrons. The number of carbonyl (C=O) groups excluding carboxylic acids is 1. The Balaban J connectivity index is 2.33. The van der Waals surface area contributed by atoms with Crippen LogP contribution in [0.3, 0.4) is 0 Å². The molecule has 19 heavy (non-hydrogen) atoms. The van der Waals surface area contributed by atoms with Gasteiger partial charge in [0, 0.05) is 12.6 Å². The lowest BCUT2D eigenvalue weighted by Gasteiger charge is -2.02. The molecule has 5 nitrogen and oxygen atoms in total. The molecule has 0 saturated carbocycles. The van der Waals surface area contributed by atoms with Crippen molar-refractivity contribution in [3.05, 3.63) is 41.7 Å². The first-order chi connectivity index (χ1) is 8.87. The zero-order chi connectivity index (χ0) is 14.3. The minimum Gasteiger partial charge on any atom is -0.461 e. The molecule has 1 aromatic rings.